The van der Waals surface area contributed by atoms with E-state index < -0.39 is 10.8 Å². The topological polar surface area (TPSA) is 107 Å². The summed E-state index contributed by atoms with van der Waals surface area (Å²) < 4.78 is 4.93. The third-order valence-electron chi connectivity index (χ3n) is 4.15. The van der Waals surface area contributed by atoms with Crippen molar-refractivity contribution in [2.24, 2.45) is 5.73 Å². The van der Waals surface area contributed by atoms with E-state index in [4.69, 9.17) is 10.5 Å². The number of carbonyl (C=O) groups excluding carboxylic acids is 1. The number of hydrogen-bond acceptors (Lipinski definition) is 5. The standard InChI is InChI=1S/C19H23N3O4.ClH/c1-12(2)13-4-6-14(7-5-13)16(20)11-21-19(23)15-8-9-18(26-3)17(10-15)22(24)25;/h4-10,12,16H,11,20H2,1-3H3,(H,21,23);1H. The van der Waals surface area contributed by atoms with Gasteiger partial charge in [0.15, 0.2) is 5.75 Å². The van der Waals surface area contributed by atoms with Crippen LogP contribution in [0.2, 0.25) is 0 Å². The molecule has 2 aromatic rings. The van der Waals surface area contributed by atoms with Gasteiger partial charge in [0.1, 0.15) is 0 Å². The van der Waals surface area contributed by atoms with E-state index in [1.165, 1.54) is 30.9 Å². The van der Waals surface area contributed by atoms with Crippen LogP contribution in [-0.4, -0.2) is 24.5 Å². The lowest BCUT2D eigenvalue weighted by atomic mass is 9.99. The normalized spacial score (nSPS) is 11.4. The minimum atomic E-state index is -0.586. The monoisotopic (exact) mass is 393 g/mol. The van der Waals surface area contributed by atoms with E-state index in [9.17, 15) is 14.9 Å². The van der Waals surface area contributed by atoms with Crippen LogP contribution in [0.4, 0.5) is 5.69 Å². The van der Waals surface area contributed by atoms with Gasteiger partial charge in [-0.1, -0.05) is 38.1 Å². The number of benzene rings is 2. The molecule has 0 heterocycles. The van der Waals surface area contributed by atoms with Crippen molar-refractivity contribution in [2.75, 3.05) is 13.7 Å². The molecule has 1 atom stereocenters. The van der Waals surface area contributed by atoms with E-state index in [0.717, 1.165) is 5.56 Å². The molecular weight excluding hydrogens is 370 g/mol. The molecule has 0 aromatic heterocycles. The second kappa shape index (κ2) is 9.89. The third kappa shape index (κ3) is 5.67. The highest BCUT2D eigenvalue weighted by molar-refractivity contribution is 5.95. The van der Waals surface area contributed by atoms with Crippen LogP contribution in [-0.2, 0) is 0 Å². The van der Waals surface area contributed by atoms with Crippen LogP contribution < -0.4 is 15.8 Å². The number of ether oxygens (including phenoxy) is 1. The van der Waals surface area contributed by atoms with Gasteiger partial charge in [-0.25, -0.2) is 0 Å². The Morgan fingerprint density at radius 2 is 1.78 bits per heavy atom. The molecule has 1 amide bonds. The van der Waals surface area contributed by atoms with Crippen molar-refractivity contribution in [1.82, 2.24) is 5.32 Å². The zero-order valence-corrected chi connectivity index (χ0v) is 16.3. The summed E-state index contributed by atoms with van der Waals surface area (Å²) >= 11 is 0. The molecule has 1 unspecified atom stereocenters. The van der Waals surface area contributed by atoms with Crippen LogP contribution in [0.5, 0.6) is 5.75 Å². The van der Waals surface area contributed by atoms with Crippen LogP contribution in [0.3, 0.4) is 0 Å². The number of nitrogens with two attached hydrogens (primary N) is 1. The number of methoxy groups -OCH3 is 1. The number of nitrogens with one attached hydrogen (secondary N) is 1. The lowest BCUT2D eigenvalue weighted by molar-refractivity contribution is -0.385. The Bertz CT molecular complexity index is 794. The molecule has 0 radical (unpaired) electrons. The molecule has 8 heteroatoms. The van der Waals surface area contributed by atoms with Crippen LogP contribution in [0.15, 0.2) is 42.5 Å². The lowest BCUT2D eigenvalue weighted by Gasteiger charge is -2.15. The Kier molecular flexibility index (Phi) is 8.21. The number of hydrogen-bond donors (Lipinski definition) is 2. The molecule has 0 aliphatic rings. The molecule has 0 aliphatic heterocycles. The number of nitro benzene ring substituents is 1. The first-order valence-corrected chi connectivity index (χ1v) is 8.29. The number of rotatable bonds is 7. The molecule has 0 saturated heterocycles. The van der Waals surface area contributed by atoms with Crippen LogP contribution >= 0.6 is 12.4 Å². The van der Waals surface area contributed by atoms with Gasteiger partial charge in [-0.2, -0.15) is 0 Å². The molecule has 0 fully saturated rings. The fourth-order valence-corrected chi connectivity index (χ4v) is 2.52. The summed E-state index contributed by atoms with van der Waals surface area (Å²) in [4.78, 5) is 22.7. The summed E-state index contributed by atoms with van der Waals surface area (Å²) in [6.07, 6.45) is 0. The molecule has 146 valence electrons. The van der Waals surface area contributed by atoms with Crippen molar-refractivity contribution in [2.45, 2.75) is 25.8 Å². The minimum Gasteiger partial charge on any atom is -0.490 e. The van der Waals surface area contributed by atoms with Gasteiger partial charge in [-0.05, 0) is 29.2 Å². The van der Waals surface area contributed by atoms with Crippen molar-refractivity contribution in [1.29, 1.82) is 0 Å². The first kappa shape index (κ1) is 22.4. The van der Waals surface area contributed by atoms with Gasteiger partial charge in [0, 0.05) is 24.2 Å². The van der Waals surface area contributed by atoms with Crippen molar-refractivity contribution >= 4 is 24.0 Å². The second-order valence-corrected chi connectivity index (χ2v) is 6.28. The Morgan fingerprint density at radius 1 is 1.19 bits per heavy atom. The van der Waals surface area contributed by atoms with E-state index in [2.05, 4.69) is 19.2 Å². The van der Waals surface area contributed by atoms with Crippen LogP contribution in [0.1, 0.15) is 47.3 Å². The molecule has 27 heavy (non-hydrogen) atoms. The highest BCUT2D eigenvalue weighted by Crippen LogP contribution is 2.27. The zero-order chi connectivity index (χ0) is 19.3. The number of halogens is 1. The number of carbonyl (C=O) groups is 1. The van der Waals surface area contributed by atoms with E-state index >= 15 is 0 Å². The van der Waals surface area contributed by atoms with Crippen molar-refractivity contribution in [3.63, 3.8) is 0 Å². The van der Waals surface area contributed by atoms with E-state index in [1.807, 2.05) is 24.3 Å². The van der Waals surface area contributed by atoms with Gasteiger partial charge in [-0.15, -0.1) is 12.4 Å². The molecule has 2 aromatic carbocycles. The van der Waals surface area contributed by atoms with Crippen LogP contribution in [0, 0.1) is 10.1 Å². The maximum Gasteiger partial charge on any atom is 0.311 e. The van der Waals surface area contributed by atoms with Crippen LogP contribution in [0.25, 0.3) is 0 Å². The lowest BCUT2D eigenvalue weighted by Crippen LogP contribution is -2.31. The number of amides is 1. The molecule has 0 spiro atoms. The Balaban J connectivity index is 0.00000364. The molecule has 0 aliphatic carbocycles. The molecule has 0 saturated carbocycles. The molecule has 3 N–H and O–H groups in total. The number of nitro groups is 1. The molecule has 7 nitrogen and oxygen atoms in total. The molecule has 0 bridgehead atoms. The van der Waals surface area contributed by atoms with Gasteiger partial charge in [0.05, 0.1) is 12.0 Å². The predicted molar refractivity (Wildman–Crippen MR) is 107 cm³/mol. The summed E-state index contributed by atoms with van der Waals surface area (Å²) in [5.41, 5.74) is 8.18. The molecular formula is C19H24ClN3O4. The zero-order valence-electron chi connectivity index (χ0n) is 15.5. The van der Waals surface area contributed by atoms with E-state index in [-0.39, 0.29) is 42.0 Å². The summed E-state index contributed by atoms with van der Waals surface area (Å²) in [5, 5.41) is 13.8. The first-order chi connectivity index (χ1) is 12.3. The van der Waals surface area contributed by atoms with Gasteiger partial charge in [-0.3, -0.25) is 14.9 Å². The Hall–Kier alpha value is -2.64. The average molecular weight is 394 g/mol. The summed E-state index contributed by atoms with van der Waals surface area (Å²) in [6, 6.07) is 11.6. The highest BCUT2D eigenvalue weighted by Gasteiger charge is 2.18. The summed E-state index contributed by atoms with van der Waals surface area (Å²) in [7, 11) is 1.34. The Labute approximate surface area is 164 Å². The smallest absolute Gasteiger partial charge is 0.311 e. The maximum atomic E-state index is 12.3. The highest BCUT2D eigenvalue weighted by atomic mass is 35.5. The first-order valence-electron chi connectivity index (χ1n) is 8.29. The predicted octanol–water partition coefficient (Wildman–Crippen LogP) is 3.58. The Morgan fingerprint density at radius 3 is 2.30 bits per heavy atom. The van der Waals surface area contributed by atoms with Gasteiger partial charge in [0.25, 0.3) is 5.91 Å². The summed E-state index contributed by atoms with van der Waals surface area (Å²) in [6.45, 7) is 4.45. The van der Waals surface area contributed by atoms with Gasteiger partial charge < -0.3 is 15.8 Å². The minimum absolute atomic E-state index is 0. The average Bonchev–Trinajstić information content (AvgIpc) is 2.65. The van der Waals surface area contributed by atoms with Crippen molar-refractivity contribution < 1.29 is 14.5 Å². The molecule has 2 rings (SSSR count). The van der Waals surface area contributed by atoms with Crippen molar-refractivity contribution in [3.8, 4) is 5.75 Å². The van der Waals surface area contributed by atoms with Gasteiger partial charge in [0.2, 0.25) is 0 Å². The second-order valence-electron chi connectivity index (χ2n) is 6.28. The fraction of sp³-hybridized carbons (Fsp3) is 0.316. The van der Waals surface area contributed by atoms with Crippen molar-refractivity contribution in [3.05, 3.63) is 69.3 Å². The SMILES string of the molecule is COc1ccc(C(=O)NCC(N)c2ccc(C(C)C)cc2)cc1[N+](=O)[O-].Cl. The third-order valence-corrected chi connectivity index (χ3v) is 4.15. The fourth-order valence-electron chi connectivity index (χ4n) is 2.52. The maximum absolute atomic E-state index is 12.3. The quantitative estimate of drug-likeness (QED) is 0.552. The summed E-state index contributed by atoms with van der Waals surface area (Å²) in [5.74, 6) is 0.115. The van der Waals surface area contributed by atoms with E-state index in [0.29, 0.717) is 5.92 Å². The van der Waals surface area contributed by atoms with E-state index in [1.54, 1.807) is 0 Å². The largest absolute Gasteiger partial charge is 0.490 e. The number of nitrogens with zero attached hydrogens (tertiary/aromatic N) is 1. The van der Waals surface area contributed by atoms with Gasteiger partial charge >= 0.3 is 5.69 Å².